The van der Waals surface area contributed by atoms with Crippen molar-refractivity contribution in [2.45, 2.75) is 71.3 Å². The van der Waals surface area contributed by atoms with Gasteiger partial charge in [-0.15, -0.1) is 0 Å². The van der Waals surface area contributed by atoms with Gasteiger partial charge in [-0.05, 0) is 63.5 Å². The average molecular weight is 266 g/mol. The van der Waals surface area contributed by atoms with Gasteiger partial charge in [0.1, 0.15) is 0 Å². The maximum atomic E-state index is 3.64. The lowest BCUT2D eigenvalue weighted by Gasteiger charge is -2.29. The normalized spacial score (nSPS) is 25.7. The first-order valence-electron chi connectivity index (χ1n) is 8.72. The summed E-state index contributed by atoms with van der Waals surface area (Å²) in [6.45, 7) is 9.67. The summed E-state index contributed by atoms with van der Waals surface area (Å²) in [5, 5.41) is 3.64. The summed E-state index contributed by atoms with van der Waals surface area (Å²) in [6.07, 6.45) is 11.6. The molecule has 1 aliphatic heterocycles. The third-order valence-electron chi connectivity index (χ3n) is 5.07. The summed E-state index contributed by atoms with van der Waals surface area (Å²) < 4.78 is 0. The van der Waals surface area contributed by atoms with E-state index in [2.05, 4.69) is 24.1 Å². The number of nitrogens with zero attached hydrogens (tertiary/aromatic N) is 1. The number of hydrogen-bond donors (Lipinski definition) is 1. The van der Waals surface area contributed by atoms with E-state index in [0.717, 1.165) is 17.9 Å². The Bertz CT molecular complexity index is 233. The van der Waals surface area contributed by atoms with Gasteiger partial charge in [-0.1, -0.05) is 26.7 Å². The smallest absolute Gasteiger partial charge is 0.0124 e. The third kappa shape index (κ3) is 5.07. The minimum Gasteiger partial charge on any atom is -0.315 e. The fraction of sp³-hybridized carbons (Fsp3) is 1.00. The lowest BCUT2D eigenvalue weighted by atomic mass is 9.96. The lowest BCUT2D eigenvalue weighted by molar-refractivity contribution is 0.191. The molecule has 0 aromatic rings. The standard InChI is InChI=1S/C17H34N2/c1-15(2)7-5-11-18-12-14-19-13-6-10-17(19)16-8-3-4-9-16/h15-18H,3-14H2,1-2H3. The van der Waals surface area contributed by atoms with E-state index in [9.17, 15) is 0 Å². The van der Waals surface area contributed by atoms with Crippen molar-refractivity contribution in [1.29, 1.82) is 0 Å². The molecule has 2 heteroatoms. The van der Waals surface area contributed by atoms with Crippen molar-refractivity contribution in [2.24, 2.45) is 11.8 Å². The van der Waals surface area contributed by atoms with Crippen molar-refractivity contribution >= 4 is 0 Å². The van der Waals surface area contributed by atoms with Gasteiger partial charge in [0, 0.05) is 19.1 Å². The van der Waals surface area contributed by atoms with Crippen LogP contribution >= 0.6 is 0 Å². The maximum absolute atomic E-state index is 3.64. The minimum absolute atomic E-state index is 0.854. The van der Waals surface area contributed by atoms with Gasteiger partial charge in [0.15, 0.2) is 0 Å². The van der Waals surface area contributed by atoms with Crippen LogP contribution in [0, 0.1) is 11.8 Å². The average Bonchev–Trinajstić information content (AvgIpc) is 3.03. The topological polar surface area (TPSA) is 15.3 Å². The van der Waals surface area contributed by atoms with Crippen LogP contribution in [0.1, 0.15) is 65.2 Å². The lowest BCUT2D eigenvalue weighted by Crippen LogP contribution is -2.39. The van der Waals surface area contributed by atoms with E-state index >= 15 is 0 Å². The van der Waals surface area contributed by atoms with Gasteiger partial charge in [-0.25, -0.2) is 0 Å². The Morgan fingerprint density at radius 1 is 1.05 bits per heavy atom. The molecule has 1 saturated heterocycles. The fourth-order valence-electron chi connectivity index (χ4n) is 3.99. The molecular weight excluding hydrogens is 232 g/mol. The summed E-state index contributed by atoms with van der Waals surface area (Å²) in [6, 6.07) is 0.931. The second-order valence-electron chi connectivity index (χ2n) is 7.08. The van der Waals surface area contributed by atoms with Crippen molar-refractivity contribution in [1.82, 2.24) is 10.2 Å². The number of rotatable bonds is 8. The van der Waals surface area contributed by atoms with Crippen LogP contribution in [0.25, 0.3) is 0 Å². The van der Waals surface area contributed by atoms with E-state index in [1.165, 1.54) is 77.5 Å². The Labute approximate surface area is 120 Å². The highest BCUT2D eigenvalue weighted by atomic mass is 15.2. The van der Waals surface area contributed by atoms with Crippen molar-refractivity contribution < 1.29 is 0 Å². The first-order chi connectivity index (χ1) is 9.27. The molecule has 0 aromatic heterocycles. The summed E-state index contributed by atoms with van der Waals surface area (Å²) in [5.74, 6) is 1.88. The molecule has 0 spiro atoms. The SMILES string of the molecule is CC(C)CCCNCCN1CCCC1C1CCCC1. The molecule has 2 aliphatic rings. The highest BCUT2D eigenvalue weighted by Gasteiger charge is 2.32. The Kier molecular flexibility index (Phi) is 6.66. The molecule has 0 aromatic carbocycles. The summed E-state index contributed by atoms with van der Waals surface area (Å²) >= 11 is 0. The van der Waals surface area contributed by atoms with Crippen LogP contribution < -0.4 is 5.32 Å². The van der Waals surface area contributed by atoms with Crippen molar-refractivity contribution in [2.75, 3.05) is 26.2 Å². The molecule has 2 nitrogen and oxygen atoms in total. The van der Waals surface area contributed by atoms with E-state index in [4.69, 9.17) is 0 Å². The van der Waals surface area contributed by atoms with Gasteiger partial charge in [0.25, 0.3) is 0 Å². The van der Waals surface area contributed by atoms with Crippen molar-refractivity contribution in [3.8, 4) is 0 Å². The molecule has 1 unspecified atom stereocenters. The molecule has 1 heterocycles. The molecule has 2 rings (SSSR count). The van der Waals surface area contributed by atoms with Crippen LogP contribution in [0.2, 0.25) is 0 Å². The monoisotopic (exact) mass is 266 g/mol. The Balaban J connectivity index is 1.56. The van der Waals surface area contributed by atoms with E-state index in [1.807, 2.05) is 0 Å². The molecule has 0 radical (unpaired) electrons. The van der Waals surface area contributed by atoms with E-state index in [0.29, 0.717) is 0 Å². The Morgan fingerprint density at radius 3 is 2.58 bits per heavy atom. The van der Waals surface area contributed by atoms with E-state index < -0.39 is 0 Å². The van der Waals surface area contributed by atoms with Gasteiger partial charge >= 0.3 is 0 Å². The molecule has 112 valence electrons. The zero-order valence-electron chi connectivity index (χ0n) is 13.2. The second-order valence-corrected chi connectivity index (χ2v) is 7.08. The van der Waals surface area contributed by atoms with Gasteiger partial charge in [-0.2, -0.15) is 0 Å². The molecule has 1 N–H and O–H groups in total. The zero-order chi connectivity index (χ0) is 13.5. The van der Waals surface area contributed by atoms with Crippen LogP contribution in [0.3, 0.4) is 0 Å². The van der Waals surface area contributed by atoms with Crippen LogP contribution in [0.5, 0.6) is 0 Å². The number of nitrogens with one attached hydrogen (secondary N) is 1. The fourth-order valence-corrected chi connectivity index (χ4v) is 3.99. The maximum Gasteiger partial charge on any atom is 0.0124 e. The quantitative estimate of drug-likeness (QED) is 0.674. The van der Waals surface area contributed by atoms with Crippen molar-refractivity contribution in [3.63, 3.8) is 0 Å². The summed E-state index contributed by atoms with van der Waals surface area (Å²) in [4.78, 5) is 2.78. The first kappa shape index (κ1) is 15.3. The Morgan fingerprint density at radius 2 is 1.84 bits per heavy atom. The number of hydrogen-bond acceptors (Lipinski definition) is 2. The van der Waals surface area contributed by atoms with Crippen LogP contribution in [-0.2, 0) is 0 Å². The third-order valence-corrected chi connectivity index (χ3v) is 5.07. The van der Waals surface area contributed by atoms with Gasteiger partial charge < -0.3 is 5.32 Å². The van der Waals surface area contributed by atoms with Gasteiger partial charge in [0.2, 0.25) is 0 Å². The van der Waals surface area contributed by atoms with Crippen LogP contribution in [0.4, 0.5) is 0 Å². The summed E-state index contributed by atoms with van der Waals surface area (Å²) in [7, 11) is 0. The molecule has 19 heavy (non-hydrogen) atoms. The molecule has 1 saturated carbocycles. The van der Waals surface area contributed by atoms with Crippen LogP contribution in [0.15, 0.2) is 0 Å². The highest BCUT2D eigenvalue weighted by Crippen LogP contribution is 2.35. The van der Waals surface area contributed by atoms with E-state index in [-0.39, 0.29) is 0 Å². The molecular formula is C17H34N2. The molecule has 2 fully saturated rings. The van der Waals surface area contributed by atoms with Gasteiger partial charge in [0.05, 0.1) is 0 Å². The first-order valence-corrected chi connectivity index (χ1v) is 8.72. The number of likely N-dealkylation sites (tertiary alicyclic amines) is 1. The largest absolute Gasteiger partial charge is 0.315 e. The Hall–Kier alpha value is -0.0800. The highest BCUT2D eigenvalue weighted by molar-refractivity contribution is 4.87. The molecule has 1 atom stereocenters. The van der Waals surface area contributed by atoms with Gasteiger partial charge in [-0.3, -0.25) is 4.90 Å². The summed E-state index contributed by atoms with van der Waals surface area (Å²) in [5.41, 5.74) is 0. The minimum atomic E-state index is 0.854. The zero-order valence-corrected chi connectivity index (χ0v) is 13.2. The van der Waals surface area contributed by atoms with Crippen LogP contribution in [-0.4, -0.2) is 37.1 Å². The molecule has 0 amide bonds. The van der Waals surface area contributed by atoms with Crippen molar-refractivity contribution in [3.05, 3.63) is 0 Å². The molecule has 1 aliphatic carbocycles. The molecule has 0 bridgehead atoms. The second kappa shape index (κ2) is 8.26. The predicted molar refractivity (Wildman–Crippen MR) is 83.5 cm³/mol. The predicted octanol–water partition coefficient (Wildman–Crippen LogP) is 3.67. The van der Waals surface area contributed by atoms with E-state index in [1.54, 1.807) is 0 Å².